The van der Waals surface area contributed by atoms with Crippen LogP contribution < -0.4 is 16.4 Å². The largest absolute Gasteiger partial charge is 0.397 e. The minimum atomic E-state index is -0.229. The monoisotopic (exact) mass is 440 g/mol. The molecule has 0 unspecified atom stereocenters. The number of nitrogens with two attached hydrogens (primary N) is 1. The number of imidazole rings is 1. The topological polar surface area (TPSA) is 97.3 Å². The Labute approximate surface area is 188 Å². The molecule has 5 rings (SSSR count). The zero-order chi connectivity index (χ0) is 22.1. The number of carbonyl (C=O) groups excluding carboxylic acids is 1. The van der Waals surface area contributed by atoms with E-state index in [0.29, 0.717) is 16.9 Å². The van der Waals surface area contributed by atoms with Gasteiger partial charge in [0.1, 0.15) is 5.65 Å². The molecule has 8 heteroatoms. The van der Waals surface area contributed by atoms with Gasteiger partial charge in [0.15, 0.2) is 5.13 Å². The van der Waals surface area contributed by atoms with Crippen LogP contribution in [0.3, 0.4) is 0 Å². The van der Waals surface area contributed by atoms with Gasteiger partial charge in [-0.05, 0) is 49.4 Å². The van der Waals surface area contributed by atoms with E-state index < -0.39 is 0 Å². The van der Waals surface area contributed by atoms with Gasteiger partial charge in [0.25, 0.3) is 5.91 Å². The van der Waals surface area contributed by atoms with E-state index in [2.05, 4.69) is 25.0 Å². The number of aromatic nitrogens is 3. The molecule has 0 saturated carbocycles. The van der Waals surface area contributed by atoms with Gasteiger partial charge in [-0.3, -0.25) is 9.20 Å². The van der Waals surface area contributed by atoms with Crippen molar-refractivity contribution in [2.75, 3.05) is 16.4 Å². The summed E-state index contributed by atoms with van der Waals surface area (Å²) in [7, 11) is 0. The molecule has 0 bridgehead atoms. The van der Waals surface area contributed by atoms with Crippen molar-refractivity contribution in [3.8, 4) is 10.6 Å². The molecule has 158 valence electrons. The second-order valence-electron chi connectivity index (χ2n) is 7.25. The molecule has 0 fully saturated rings. The summed E-state index contributed by atoms with van der Waals surface area (Å²) < 4.78 is 2.06. The Morgan fingerprint density at radius 1 is 1.06 bits per heavy atom. The number of hydrogen-bond donors (Lipinski definition) is 3. The zero-order valence-corrected chi connectivity index (χ0v) is 18.1. The van der Waals surface area contributed by atoms with Crippen LogP contribution in [0.15, 0.2) is 79.1 Å². The first-order valence-electron chi connectivity index (χ1n) is 10.0. The minimum Gasteiger partial charge on any atom is -0.397 e. The van der Waals surface area contributed by atoms with Crippen LogP contribution in [0, 0.1) is 6.92 Å². The van der Waals surface area contributed by atoms with Crippen LogP contribution in [0.25, 0.3) is 16.2 Å². The van der Waals surface area contributed by atoms with Crippen molar-refractivity contribution < 1.29 is 4.79 Å². The van der Waals surface area contributed by atoms with Crippen LogP contribution in [0.4, 0.5) is 22.2 Å². The zero-order valence-electron chi connectivity index (χ0n) is 17.2. The molecule has 4 N–H and O–H groups in total. The highest BCUT2D eigenvalue weighted by Crippen LogP contribution is 2.33. The molecule has 0 aliphatic carbocycles. The summed E-state index contributed by atoms with van der Waals surface area (Å²) in [6.07, 6.45) is 3.84. The van der Waals surface area contributed by atoms with Gasteiger partial charge in [0, 0.05) is 23.6 Å². The summed E-state index contributed by atoms with van der Waals surface area (Å²) >= 11 is 1.53. The number of fused-ring (bicyclic) bond motifs is 1. The molecule has 0 atom stereocenters. The number of anilines is 4. The van der Waals surface area contributed by atoms with Gasteiger partial charge < -0.3 is 16.4 Å². The van der Waals surface area contributed by atoms with Crippen molar-refractivity contribution in [1.29, 1.82) is 0 Å². The van der Waals surface area contributed by atoms with Gasteiger partial charge in [-0.15, -0.1) is 0 Å². The van der Waals surface area contributed by atoms with E-state index in [1.807, 2.05) is 61.8 Å². The molecule has 0 radical (unpaired) electrons. The summed E-state index contributed by atoms with van der Waals surface area (Å²) in [5, 5.41) is 6.88. The van der Waals surface area contributed by atoms with E-state index in [9.17, 15) is 4.79 Å². The average molecular weight is 441 g/mol. The molecule has 3 heterocycles. The van der Waals surface area contributed by atoms with Crippen molar-refractivity contribution in [2.24, 2.45) is 0 Å². The molecule has 0 spiro atoms. The molecule has 3 aromatic heterocycles. The maximum absolute atomic E-state index is 12.7. The number of hydrogen-bond acceptors (Lipinski definition) is 6. The van der Waals surface area contributed by atoms with E-state index >= 15 is 0 Å². The van der Waals surface area contributed by atoms with Gasteiger partial charge in [-0.1, -0.05) is 35.6 Å². The van der Waals surface area contributed by atoms with Crippen molar-refractivity contribution in [1.82, 2.24) is 14.4 Å². The fraction of sp³-hybridized carbons (Fsp3) is 0.0417. The fourth-order valence-corrected chi connectivity index (χ4v) is 4.45. The van der Waals surface area contributed by atoms with Gasteiger partial charge >= 0.3 is 0 Å². The Morgan fingerprint density at radius 3 is 2.78 bits per heavy atom. The van der Waals surface area contributed by atoms with Crippen LogP contribution in [0.1, 0.15) is 16.1 Å². The first-order valence-corrected chi connectivity index (χ1v) is 10.8. The predicted octanol–water partition coefficient (Wildman–Crippen LogP) is 5.34. The quantitative estimate of drug-likeness (QED) is 0.320. The number of para-hydroxylation sites is 2. The summed E-state index contributed by atoms with van der Waals surface area (Å²) in [6, 6.07) is 20.4. The summed E-state index contributed by atoms with van der Waals surface area (Å²) in [6.45, 7) is 2.00. The standard InChI is InChI=1S/C24H20N6OS/c1-15-22(30-12-5-4-11-21(30)27-15)20-14-26-24(32-20)28-17-8-6-7-16(13-17)23(31)29-19-10-3-2-9-18(19)25/h2-14H,25H2,1H3,(H,26,28)(H,29,31). The first-order chi connectivity index (χ1) is 15.6. The number of amides is 1. The average Bonchev–Trinajstić information content (AvgIpc) is 3.38. The third-order valence-corrected chi connectivity index (χ3v) is 5.95. The summed E-state index contributed by atoms with van der Waals surface area (Å²) in [5.41, 5.74) is 11.2. The van der Waals surface area contributed by atoms with Crippen LogP contribution >= 0.6 is 11.3 Å². The normalized spacial score (nSPS) is 10.9. The molecule has 2 aromatic carbocycles. The van der Waals surface area contributed by atoms with E-state index in [1.54, 1.807) is 24.3 Å². The second kappa shape index (κ2) is 8.16. The Morgan fingerprint density at radius 2 is 1.91 bits per heavy atom. The first kappa shape index (κ1) is 19.8. The van der Waals surface area contributed by atoms with E-state index in [1.165, 1.54) is 11.3 Å². The van der Waals surface area contributed by atoms with Crippen molar-refractivity contribution >= 4 is 45.1 Å². The lowest BCUT2D eigenvalue weighted by Crippen LogP contribution is -2.13. The summed E-state index contributed by atoms with van der Waals surface area (Å²) in [4.78, 5) is 22.8. The fourth-order valence-electron chi connectivity index (χ4n) is 3.52. The van der Waals surface area contributed by atoms with E-state index in [0.717, 1.165) is 32.7 Å². The lowest BCUT2D eigenvalue weighted by atomic mass is 10.1. The molecule has 5 aromatic rings. The lowest BCUT2D eigenvalue weighted by Gasteiger charge is -2.09. The lowest BCUT2D eigenvalue weighted by molar-refractivity contribution is 0.102. The van der Waals surface area contributed by atoms with Crippen molar-refractivity contribution in [3.05, 3.63) is 90.4 Å². The number of carbonyl (C=O) groups is 1. The Hall–Kier alpha value is -4.17. The highest BCUT2D eigenvalue weighted by molar-refractivity contribution is 7.18. The number of benzene rings is 2. The third-order valence-electron chi connectivity index (χ3n) is 5.03. The molecule has 1 amide bonds. The Balaban J connectivity index is 1.37. The number of thiazole rings is 1. The Bertz CT molecular complexity index is 1440. The summed E-state index contributed by atoms with van der Waals surface area (Å²) in [5.74, 6) is -0.229. The maximum Gasteiger partial charge on any atom is 0.255 e. The van der Waals surface area contributed by atoms with Crippen LogP contribution in [-0.2, 0) is 0 Å². The van der Waals surface area contributed by atoms with E-state index in [4.69, 9.17) is 5.73 Å². The van der Waals surface area contributed by atoms with Gasteiger partial charge in [0.2, 0.25) is 0 Å². The SMILES string of the molecule is Cc1nc2ccccn2c1-c1cnc(Nc2cccc(C(=O)Nc3ccccc3N)c2)s1. The number of nitrogens with one attached hydrogen (secondary N) is 2. The van der Waals surface area contributed by atoms with Gasteiger partial charge in [-0.2, -0.15) is 0 Å². The highest BCUT2D eigenvalue weighted by atomic mass is 32.1. The van der Waals surface area contributed by atoms with Crippen molar-refractivity contribution in [3.63, 3.8) is 0 Å². The number of rotatable bonds is 5. The smallest absolute Gasteiger partial charge is 0.255 e. The molecule has 0 aliphatic rings. The second-order valence-corrected chi connectivity index (χ2v) is 8.28. The van der Waals surface area contributed by atoms with Crippen LogP contribution in [-0.4, -0.2) is 20.3 Å². The number of nitrogens with zero attached hydrogens (tertiary/aromatic N) is 3. The van der Waals surface area contributed by atoms with E-state index in [-0.39, 0.29) is 5.91 Å². The Kier molecular flexibility index (Phi) is 5.04. The number of pyridine rings is 1. The number of nitrogen functional groups attached to an aromatic ring is 1. The maximum atomic E-state index is 12.7. The molecule has 0 aliphatic heterocycles. The van der Waals surface area contributed by atoms with Crippen molar-refractivity contribution in [2.45, 2.75) is 6.92 Å². The molecule has 7 nitrogen and oxygen atoms in total. The molecule has 32 heavy (non-hydrogen) atoms. The third kappa shape index (κ3) is 3.79. The van der Waals surface area contributed by atoms with Gasteiger partial charge in [-0.25, -0.2) is 9.97 Å². The molecule has 0 saturated heterocycles. The molecular formula is C24H20N6OS. The predicted molar refractivity (Wildman–Crippen MR) is 130 cm³/mol. The van der Waals surface area contributed by atoms with Crippen LogP contribution in [0.5, 0.6) is 0 Å². The van der Waals surface area contributed by atoms with Crippen LogP contribution in [0.2, 0.25) is 0 Å². The molecular weight excluding hydrogens is 420 g/mol. The highest BCUT2D eigenvalue weighted by Gasteiger charge is 2.14. The number of aryl methyl sites for hydroxylation is 1. The minimum absolute atomic E-state index is 0.229. The van der Waals surface area contributed by atoms with Gasteiger partial charge in [0.05, 0.1) is 27.6 Å².